The van der Waals surface area contributed by atoms with Crippen molar-refractivity contribution in [3.63, 3.8) is 0 Å². The molecular formula is C36H49F3N6O4. The summed E-state index contributed by atoms with van der Waals surface area (Å²) in [4.78, 5) is 40.7. The maximum Gasteiger partial charge on any atom is 0.272 e. The fourth-order valence-corrected chi connectivity index (χ4v) is 7.56. The first-order valence-corrected chi connectivity index (χ1v) is 17.6. The molecule has 5 atom stereocenters. The second-order valence-electron chi connectivity index (χ2n) is 14.4. The number of hydrogen-bond acceptors (Lipinski definition) is 8. The number of piperidine rings is 1. The highest BCUT2D eigenvalue weighted by molar-refractivity contribution is 5.99. The quantitative estimate of drug-likeness (QED) is 0.447. The number of nitrogens with zero attached hydrogens (tertiary/aromatic N) is 5. The van der Waals surface area contributed by atoms with Gasteiger partial charge in [-0.2, -0.15) is 0 Å². The number of piperazine rings is 1. The van der Waals surface area contributed by atoms with E-state index in [0.29, 0.717) is 23.3 Å². The minimum absolute atomic E-state index is 0.0866. The van der Waals surface area contributed by atoms with E-state index in [1.165, 1.54) is 17.0 Å². The van der Waals surface area contributed by atoms with Crippen LogP contribution >= 0.6 is 0 Å². The predicted molar refractivity (Wildman–Crippen MR) is 180 cm³/mol. The average Bonchev–Trinajstić information content (AvgIpc) is 3.05. The highest BCUT2D eigenvalue weighted by Gasteiger charge is 2.39. The second kappa shape index (κ2) is 14.9. The van der Waals surface area contributed by atoms with Crippen molar-refractivity contribution in [3.8, 4) is 5.88 Å². The molecule has 5 heterocycles. The fourth-order valence-electron chi connectivity index (χ4n) is 7.56. The Hall–Kier alpha value is -3.26. The predicted octanol–water partition coefficient (Wildman–Crippen LogP) is 3.96. The van der Waals surface area contributed by atoms with Gasteiger partial charge >= 0.3 is 0 Å². The summed E-state index contributed by atoms with van der Waals surface area (Å²) in [6.07, 6.45) is 0.318. The van der Waals surface area contributed by atoms with Crippen molar-refractivity contribution in [3.05, 3.63) is 53.0 Å². The topological polar surface area (TPSA) is 90.5 Å². The molecule has 3 fully saturated rings. The van der Waals surface area contributed by atoms with Crippen LogP contribution in [-0.4, -0.2) is 127 Å². The maximum absolute atomic E-state index is 14.3. The van der Waals surface area contributed by atoms with Crippen LogP contribution in [0.1, 0.15) is 68.6 Å². The lowest BCUT2D eigenvalue weighted by Crippen LogP contribution is -2.60. The number of benzene rings is 1. The number of ether oxygens (including phenoxy) is 2. The molecule has 3 saturated heterocycles. The molecule has 0 aliphatic carbocycles. The Morgan fingerprint density at radius 1 is 1.00 bits per heavy atom. The van der Waals surface area contributed by atoms with E-state index >= 15 is 0 Å². The number of morpholine rings is 1. The number of nitrogens with one attached hydrogen (secondary N) is 1. The number of rotatable bonds is 8. The Kier molecular flexibility index (Phi) is 10.8. The Bertz CT molecular complexity index is 1480. The summed E-state index contributed by atoms with van der Waals surface area (Å²) in [5, 5.41) is 3.59. The van der Waals surface area contributed by atoms with E-state index in [1.807, 2.05) is 6.92 Å². The minimum atomic E-state index is -2.81. The molecule has 0 spiro atoms. The lowest BCUT2D eigenvalue weighted by Gasteiger charge is -2.43. The number of likely N-dealkylation sites (tertiary alicyclic amines) is 1. The van der Waals surface area contributed by atoms with Crippen molar-refractivity contribution in [2.75, 3.05) is 64.0 Å². The lowest BCUT2D eigenvalue weighted by atomic mass is 10.00. The Labute approximate surface area is 286 Å². The molecule has 4 aliphatic rings. The summed E-state index contributed by atoms with van der Waals surface area (Å²) < 4.78 is 53.4. The number of carbonyl (C=O) groups excluding carboxylic acids is 2. The van der Waals surface area contributed by atoms with Crippen LogP contribution in [0.5, 0.6) is 5.88 Å². The molecule has 6 rings (SSSR count). The third-order valence-electron chi connectivity index (χ3n) is 10.4. The summed E-state index contributed by atoms with van der Waals surface area (Å²) in [7, 11) is 0. The summed E-state index contributed by atoms with van der Waals surface area (Å²) in [5.41, 5.74) is 1.83. The Balaban J connectivity index is 1.26. The SMILES string of the molecule is C[C@@H]1CN(CC(=O)N2c3cc(Cc4ccc(F)cc4)c(C(=O)N4CCC(F)(F)CC4)nc3OC[C@@H]2C)[C@@H](CCN2[C@H](C)COC[C@H]2C)CN1. The molecule has 1 aromatic heterocycles. The molecule has 0 bridgehead atoms. The normalized spacial score (nSPS) is 27.8. The first kappa shape index (κ1) is 35.6. The zero-order valence-electron chi connectivity index (χ0n) is 29.0. The van der Waals surface area contributed by atoms with Gasteiger partial charge in [0.25, 0.3) is 11.8 Å². The standard InChI is InChI=1S/C36H49F3N6O4/c1-23-18-43(30(17-40-23)9-12-44-24(2)20-48-21-25(44)3)19-32(46)45-26(4)22-49-34-31(45)16-28(15-27-5-7-29(37)8-6-27)33(41-34)35(47)42-13-10-36(38,39)11-14-42/h5-8,16,23-26,30,40H,9-15,17-22H2,1-4H3/t23-,24-,25-,26+,30+/m1/s1. The van der Waals surface area contributed by atoms with E-state index in [0.717, 1.165) is 44.8 Å². The van der Waals surface area contributed by atoms with Gasteiger partial charge in [-0.25, -0.2) is 18.2 Å². The number of carbonyl (C=O) groups is 2. The van der Waals surface area contributed by atoms with Crippen molar-refractivity contribution >= 4 is 17.5 Å². The van der Waals surface area contributed by atoms with E-state index in [2.05, 4.69) is 40.9 Å². The number of hydrogen-bond donors (Lipinski definition) is 1. The summed E-state index contributed by atoms with van der Waals surface area (Å²) >= 11 is 0. The Morgan fingerprint density at radius 3 is 2.39 bits per heavy atom. The lowest BCUT2D eigenvalue weighted by molar-refractivity contribution is -0.121. The molecule has 0 saturated carbocycles. The molecule has 0 unspecified atom stereocenters. The average molecular weight is 687 g/mol. The van der Waals surface area contributed by atoms with Crippen molar-refractivity contribution in [2.45, 2.75) is 89.5 Å². The fraction of sp³-hybridized carbons (Fsp3) is 0.639. The minimum Gasteiger partial charge on any atom is -0.474 e. The van der Waals surface area contributed by atoms with Gasteiger partial charge in [0.15, 0.2) is 0 Å². The van der Waals surface area contributed by atoms with Gasteiger partial charge in [0, 0.05) is 69.7 Å². The van der Waals surface area contributed by atoms with Crippen molar-refractivity contribution < 1.29 is 32.2 Å². The van der Waals surface area contributed by atoms with Gasteiger partial charge in [-0.1, -0.05) is 12.1 Å². The number of fused-ring (bicyclic) bond motifs is 1. The number of alkyl halides is 2. The molecule has 4 aliphatic heterocycles. The van der Waals surface area contributed by atoms with Crippen LogP contribution in [0.25, 0.3) is 0 Å². The third-order valence-corrected chi connectivity index (χ3v) is 10.4. The number of amides is 2. The number of aromatic nitrogens is 1. The van der Waals surface area contributed by atoms with E-state index in [9.17, 15) is 22.8 Å². The molecule has 2 aromatic rings. The molecule has 1 aromatic carbocycles. The number of anilines is 1. The molecule has 13 heteroatoms. The van der Waals surface area contributed by atoms with Crippen molar-refractivity contribution in [1.82, 2.24) is 25.0 Å². The van der Waals surface area contributed by atoms with Crippen LogP contribution in [0.4, 0.5) is 18.9 Å². The molecule has 49 heavy (non-hydrogen) atoms. The zero-order chi connectivity index (χ0) is 34.9. The van der Waals surface area contributed by atoms with Gasteiger partial charge < -0.3 is 24.6 Å². The smallest absolute Gasteiger partial charge is 0.272 e. The first-order valence-electron chi connectivity index (χ1n) is 17.6. The number of halogens is 3. The van der Waals surface area contributed by atoms with Gasteiger partial charge in [-0.15, -0.1) is 0 Å². The third kappa shape index (κ3) is 8.22. The van der Waals surface area contributed by atoms with E-state index < -0.39 is 24.7 Å². The van der Waals surface area contributed by atoms with Gasteiger partial charge in [0.1, 0.15) is 23.8 Å². The highest BCUT2D eigenvalue weighted by Crippen LogP contribution is 2.36. The molecule has 10 nitrogen and oxygen atoms in total. The maximum atomic E-state index is 14.3. The molecule has 0 radical (unpaired) electrons. The first-order chi connectivity index (χ1) is 23.4. The van der Waals surface area contributed by atoms with Gasteiger partial charge in [-0.05, 0) is 69.9 Å². The van der Waals surface area contributed by atoms with Crippen LogP contribution in [0.15, 0.2) is 30.3 Å². The largest absolute Gasteiger partial charge is 0.474 e. The van der Waals surface area contributed by atoms with Crippen LogP contribution in [0, 0.1) is 5.82 Å². The zero-order valence-corrected chi connectivity index (χ0v) is 29.0. The second-order valence-corrected chi connectivity index (χ2v) is 14.4. The molecule has 2 amide bonds. The van der Waals surface area contributed by atoms with Crippen LogP contribution in [0.2, 0.25) is 0 Å². The van der Waals surface area contributed by atoms with Crippen LogP contribution in [0.3, 0.4) is 0 Å². The van der Waals surface area contributed by atoms with Crippen molar-refractivity contribution in [2.24, 2.45) is 0 Å². The molecule has 268 valence electrons. The highest BCUT2D eigenvalue weighted by atomic mass is 19.3. The summed E-state index contributed by atoms with van der Waals surface area (Å²) in [6.45, 7) is 12.5. The van der Waals surface area contributed by atoms with Gasteiger partial charge in [-0.3, -0.25) is 19.4 Å². The molecular weight excluding hydrogens is 637 g/mol. The monoisotopic (exact) mass is 686 g/mol. The van der Waals surface area contributed by atoms with E-state index in [1.54, 1.807) is 23.1 Å². The Morgan fingerprint density at radius 2 is 1.69 bits per heavy atom. The molecule has 1 N–H and O–H groups in total. The summed E-state index contributed by atoms with van der Waals surface area (Å²) in [5.74, 6) is -3.57. The van der Waals surface area contributed by atoms with Crippen LogP contribution in [-0.2, 0) is 16.0 Å². The number of pyridine rings is 1. The van der Waals surface area contributed by atoms with Gasteiger partial charge in [0.05, 0.1) is 25.8 Å². The summed E-state index contributed by atoms with van der Waals surface area (Å²) in [6, 6.07) is 8.52. The van der Waals surface area contributed by atoms with Gasteiger partial charge in [0.2, 0.25) is 11.8 Å². The van der Waals surface area contributed by atoms with Crippen LogP contribution < -0.4 is 15.0 Å². The van der Waals surface area contributed by atoms with E-state index in [-0.39, 0.29) is 74.1 Å². The van der Waals surface area contributed by atoms with E-state index in [4.69, 9.17) is 9.47 Å². The van der Waals surface area contributed by atoms with Crippen molar-refractivity contribution in [1.29, 1.82) is 0 Å².